The Hall–Kier alpha value is -1.50. The van der Waals surface area contributed by atoms with E-state index in [4.69, 9.17) is 4.74 Å². The molecule has 0 N–H and O–H groups in total. The molecule has 2 fully saturated rings. The molecule has 1 saturated carbocycles. The summed E-state index contributed by atoms with van der Waals surface area (Å²) in [5.41, 5.74) is 0.715. The van der Waals surface area contributed by atoms with Crippen LogP contribution in [0.2, 0.25) is 0 Å². The fraction of sp³-hybridized carbons (Fsp3) is 0.706. The van der Waals surface area contributed by atoms with Gasteiger partial charge >= 0.3 is 6.09 Å². The van der Waals surface area contributed by atoms with Gasteiger partial charge in [-0.15, -0.1) is 0 Å². The van der Waals surface area contributed by atoms with Crippen LogP contribution < -0.4 is 4.90 Å². The lowest BCUT2D eigenvalue weighted by molar-refractivity contribution is 0.0240. The van der Waals surface area contributed by atoms with Crippen LogP contribution in [0.25, 0.3) is 0 Å². The molecule has 2 aliphatic rings. The first-order valence-electron chi connectivity index (χ1n) is 8.51. The minimum Gasteiger partial charge on any atom is -0.444 e. The molecule has 0 unspecified atom stereocenters. The van der Waals surface area contributed by atoms with Gasteiger partial charge in [0.25, 0.3) is 0 Å². The average molecular weight is 350 g/mol. The summed E-state index contributed by atoms with van der Waals surface area (Å²) in [6.07, 6.45) is 4.25. The van der Waals surface area contributed by atoms with Crippen molar-refractivity contribution in [2.45, 2.75) is 50.3 Å². The van der Waals surface area contributed by atoms with Crippen molar-refractivity contribution in [2.24, 2.45) is 0 Å². The van der Waals surface area contributed by atoms with Crippen LogP contribution in [0, 0.1) is 0 Å². The van der Waals surface area contributed by atoms with Crippen molar-refractivity contribution in [2.75, 3.05) is 37.3 Å². The Bertz CT molecular complexity index is 605. The molecule has 132 valence electrons. The van der Waals surface area contributed by atoms with E-state index in [-0.39, 0.29) is 6.09 Å². The fourth-order valence-electron chi connectivity index (χ4n) is 2.72. The molecule has 1 aliphatic carbocycles. The third-order valence-electron chi connectivity index (χ3n) is 4.15. The summed E-state index contributed by atoms with van der Waals surface area (Å²) >= 11 is 1.58. The van der Waals surface area contributed by atoms with Gasteiger partial charge < -0.3 is 14.5 Å². The quantitative estimate of drug-likeness (QED) is 0.617. The van der Waals surface area contributed by atoms with Crippen LogP contribution in [0.15, 0.2) is 11.2 Å². The highest BCUT2D eigenvalue weighted by Gasteiger charge is 2.29. The Balaban J connectivity index is 1.64. The summed E-state index contributed by atoms with van der Waals surface area (Å²) in [5.74, 6) is 1.60. The second-order valence-electron chi connectivity index (χ2n) is 7.37. The van der Waals surface area contributed by atoms with Gasteiger partial charge in [0.05, 0.1) is 5.69 Å². The van der Waals surface area contributed by atoms with Gasteiger partial charge in [-0.3, -0.25) is 0 Å². The van der Waals surface area contributed by atoms with Crippen molar-refractivity contribution in [1.82, 2.24) is 14.9 Å². The SMILES string of the molecule is CSc1nc(C2CC2)cc(N2CCN(C(=O)OC(C)(C)C)CC2)n1. The van der Waals surface area contributed by atoms with E-state index < -0.39 is 5.60 Å². The van der Waals surface area contributed by atoms with E-state index in [2.05, 4.69) is 20.9 Å². The third-order valence-corrected chi connectivity index (χ3v) is 4.69. The van der Waals surface area contributed by atoms with Gasteiger partial charge in [-0.05, 0) is 39.9 Å². The Morgan fingerprint density at radius 3 is 2.42 bits per heavy atom. The van der Waals surface area contributed by atoms with E-state index in [0.29, 0.717) is 19.0 Å². The molecule has 6 nitrogen and oxygen atoms in total. The molecule has 0 bridgehead atoms. The first kappa shape index (κ1) is 17.3. The number of hydrogen-bond acceptors (Lipinski definition) is 6. The molecule has 7 heteroatoms. The zero-order valence-electron chi connectivity index (χ0n) is 14.9. The molecule has 2 heterocycles. The molecular weight excluding hydrogens is 324 g/mol. The lowest BCUT2D eigenvalue weighted by Gasteiger charge is -2.36. The van der Waals surface area contributed by atoms with Crippen molar-refractivity contribution in [1.29, 1.82) is 0 Å². The average Bonchev–Trinajstić information content (AvgIpc) is 3.38. The van der Waals surface area contributed by atoms with Gasteiger partial charge in [0.1, 0.15) is 11.4 Å². The molecule has 24 heavy (non-hydrogen) atoms. The number of carbonyl (C=O) groups is 1. The first-order valence-corrected chi connectivity index (χ1v) is 9.74. The lowest BCUT2D eigenvalue weighted by Crippen LogP contribution is -2.50. The number of piperazine rings is 1. The molecule has 1 aromatic rings. The highest BCUT2D eigenvalue weighted by molar-refractivity contribution is 7.98. The first-order chi connectivity index (χ1) is 11.4. The number of aromatic nitrogens is 2. The predicted octanol–water partition coefficient (Wildman–Crippen LogP) is 3.13. The van der Waals surface area contributed by atoms with Gasteiger partial charge in [0, 0.05) is 38.2 Å². The smallest absolute Gasteiger partial charge is 0.410 e. The van der Waals surface area contributed by atoms with E-state index in [1.165, 1.54) is 18.5 Å². The lowest BCUT2D eigenvalue weighted by atomic mass is 10.2. The summed E-state index contributed by atoms with van der Waals surface area (Å²) < 4.78 is 5.45. The Kier molecular flexibility index (Phi) is 4.90. The topological polar surface area (TPSA) is 58.6 Å². The third kappa shape index (κ3) is 4.32. The second kappa shape index (κ2) is 6.78. The molecule has 0 radical (unpaired) electrons. The van der Waals surface area contributed by atoms with Crippen LogP contribution in [-0.2, 0) is 4.74 Å². The van der Waals surface area contributed by atoms with Gasteiger partial charge in [-0.25, -0.2) is 14.8 Å². The standard InChI is InChI=1S/C17H26N4O2S/c1-17(2,3)23-16(22)21-9-7-20(8-10-21)14-11-13(12-5-6-12)18-15(19-14)24-4/h11-12H,5-10H2,1-4H3. The molecule has 0 spiro atoms. The molecule has 3 rings (SSSR count). The van der Waals surface area contributed by atoms with Crippen molar-refractivity contribution in [3.63, 3.8) is 0 Å². The van der Waals surface area contributed by atoms with E-state index in [9.17, 15) is 4.79 Å². The zero-order chi connectivity index (χ0) is 17.3. The van der Waals surface area contributed by atoms with Crippen molar-refractivity contribution < 1.29 is 9.53 Å². The van der Waals surface area contributed by atoms with Gasteiger partial charge in [-0.2, -0.15) is 0 Å². The minimum absolute atomic E-state index is 0.228. The maximum atomic E-state index is 12.2. The van der Waals surface area contributed by atoms with Crippen LogP contribution in [0.3, 0.4) is 0 Å². The molecule has 0 aromatic carbocycles. The van der Waals surface area contributed by atoms with E-state index in [1.807, 2.05) is 27.0 Å². The van der Waals surface area contributed by atoms with Crippen LogP contribution in [0.5, 0.6) is 0 Å². The van der Waals surface area contributed by atoms with Crippen LogP contribution >= 0.6 is 11.8 Å². The largest absolute Gasteiger partial charge is 0.444 e. The van der Waals surface area contributed by atoms with Crippen molar-refractivity contribution >= 4 is 23.7 Å². The number of hydrogen-bond donors (Lipinski definition) is 0. The maximum Gasteiger partial charge on any atom is 0.410 e. The molecule has 1 amide bonds. The maximum absolute atomic E-state index is 12.2. The molecular formula is C17H26N4O2S. The normalized spacial score (nSPS) is 18.7. The number of rotatable bonds is 3. The molecule has 1 aliphatic heterocycles. The van der Waals surface area contributed by atoms with Crippen LogP contribution in [0.4, 0.5) is 10.6 Å². The summed E-state index contributed by atoms with van der Waals surface area (Å²) in [4.78, 5) is 25.5. The second-order valence-corrected chi connectivity index (χ2v) is 8.14. The van der Waals surface area contributed by atoms with Gasteiger partial charge in [-0.1, -0.05) is 11.8 Å². The molecule has 1 saturated heterocycles. The van der Waals surface area contributed by atoms with E-state index in [1.54, 1.807) is 16.7 Å². The zero-order valence-corrected chi connectivity index (χ0v) is 15.7. The number of nitrogens with zero attached hydrogens (tertiary/aromatic N) is 4. The predicted molar refractivity (Wildman–Crippen MR) is 95.8 cm³/mol. The van der Waals surface area contributed by atoms with Gasteiger partial charge in [0.15, 0.2) is 5.16 Å². The van der Waals surface area contributed by atoms with Crippen LogP contribution in [-0.4, -0.2) is 59.0 Å². The number of ether oxygens (including phenoxy) is 1. The Morgan fingerprint density at radius 1 is 1.21 bits per heavy atom. The monoisotopic (exact) mass is 350 g/mol. The highest BCUT2D eigenvalue weighted by atomic mass is 32.2. The van der Waals surface area contributed by atoms with Crippen LogP contribution in [0.1, 0.15) is 45.2 Å². The summed E-state index contributed by atoms with van der Waals surface area (Å²) in [7, 11) is 0. The molecule has 0 atom stereocenters. The summed E-state index contributed by atoms with van der Waals surface area (Å²) in [6, 6.07) is 2.13. The van der Waals surface area contributed by atoms with Gasteiger partial charge in [0.2, 0.25) is 0 Å². The Morgan fingerprint density at radius 2 is 1.88 bits per heavy atom. The summed E-state index contributed by atoms with van der Waals surface area (Å²) in [6.45, 7) is 8.54. The Labute approximate surface area is 148 Å². The highest BCUT2D eigenvalue weighted by Crippen LogP contribution is 2.40. The number of carbonyl (C=O) groups excluding carboxylic acids is 1. The molecule has 1 aromatic heterocycles. The summed E-state index contributed by atoms with van der Waals surface area (Å²) in [5, 5.41) is 0.837. The number of amides is 1. The number of thioether (sulfide) groups is 1. The fourth-order valence-corrected chi connectivity index (χ4v) is 3.10. The van der Waals surface area contributed by atoms with E-state index >= 15 is 0 Å². The number of anilines is 1. The van der Waals surface area contributed by atoms with E-state index in [0.717, 1.165) is 24.1 Å². The van der Waals surface area contributed by atoms with Crippen molar-refractivity contribution in [3.8, 4) is 0 Å². The minimum atomic E-state index is -0.451. The van der Waals surface area contributed by atoms with Crippen molar-refractivity contribution in [3.05, 3.63) is 11.8 Å².